The van der Waals surface area contributed by atoms with E-state index in [1.165, 1.54) is 18.2 Å². The second-order valence-electron chi connectivity index (χ2n) is 7.12. The Kier molecular flexibility index (Phi) is 8.71. The highest BCUT2D eigenvalue weighted by Gasteiger charge is 2.16. The van der Waals surface area contributed by atoms with Gasteiger partial charge >= 0.3 is 0 Å². The van der Waals surface area contributed by atoms with Gasteiger partial charge < -0.3 is 14.8 Å². The van der Waals surface area contributed by atoms with Crippen LogP contribution >= 0.6 is 11.6 Å². The second-order valence-corrected chi connectivity index (χ2v) is 9.29. The lowest BCUT2D eigenvalue weighted by Crippen LogP contribution is -2.24. The monoisotopic (exact) mass is 488 g/mol. The number of carbonyl (C=O) groups excluding carboxylic acids is 1. The number of anilines is 1. The minimum atomic E-state index is -3.65. The summed E-state index contributed by atoms with van der Waals surface area (Å²) in [7, 11) is -3.65. The summed E-state index contributed by atoms with van der Waals surface area (Å²) in [6, 6.07) is 20.4. The summed E-state index contributed by atoms with van der Waals surface area (Å²) in [5.74, 6) is 1.18. The molecule has 0 unspecified atom stereocenters. The Morgan fingerprint density at radius 3 is 2.33 bits per heavy atom. The van der Waals surface area contributed by atoms with E-state index in [4.69, 9.17) is 21.1 Å². The average Bonchev–Trinajstić information content (AvgIpc) is 2.80. The van der Waals surface area contributed by atoms with Crippen LogP contribution in [0, 0.1) is 0 Å². The Morgan fingerprint density at radius 1 is 0.970 bits per heavy atom. The van der Waals surface area contributed by atoms with Crippen LogP contribution in [0.1, 0.15) is 19.8 Å². The van der Waals surface area contributed by atoms with Crippen molar-refractivity contribution in [3.63, 3.8) is 0 Å². The van der Waals surface area contributed by atoms with Crippen LogP contribution in [0.3, 0.4) is 0 Å². The zero-order chi connectivity index (χ0) is 23.7. The average molecular weight is 489 g/mol. The number of carbonyl (C=O) groups is 1. The van der Waals surface area contributed by atoms with Gasteiger partial charge in [0.15, 0.2) is 6.61 Å². The third-order valence-electron chi connectivity index (χ3n) is 4.51. The molecule has 0 bridgehead atoms. The van der Waals surface area contributed by atoms with Gasteiger partial charge in [0.05, 0.1) is 9.92 Å². The topological polar surface area (TPSA) is 93.7 Å². The predicted octanol–water partition coefficient (Wildman–Crippen LogP) is 5.23. The number of para-hydroxylation sites is 1. The molecule has 0 saturated carbocycles. The quantitative estimate of drug-likeness (QED) is 0.360. The van der Waals surface area contributed by atoms with Gasteiger partial charge in [-0.3, -0.25) is 4.79 Å². The van der Waals surface area contributed by atoms with E-state index < -0.39 is 10.0 Å². The molecule has 0 aromatic heterocycles. The maximum absolute atomic E-state index is 12.3. The van der Waals surface area contributed by atoms with Crippen LogP contribution in [-0.4, -0.2) is 27.5 Å². The van der Waals surface area contributed by atoms with Crippen LogP contribution in [0.5, 0.6) is 17.2 Å². The molecule has 3 aromatic rings. The number of benzene rings is 3. The minimum absolute atomic E-state index is 0.0400. The molecule has 0 aliphatic carbocycles. The molecular weight excluding hydrogens is 464 g/mol. The van der Waals surface area contributed by atoms with Gasteiger partial charge in [0, 0.05) is 12.2 Å². The second kappa shape index (κ2) is 11.7. The van der Waals surface area contributed by atoms with E-state index in [1.807, 2.05) is 37.3 Å². The fourth-order valence-electron chi connectivity index (χ4n) is 2.80. The Morgan fingerprint density at radius 2 is 1.67 bits per heavy atom. The molecule has 0 aliphatic heterocycles. The van der Waals surface area contributed by atoms with Crippen molar-refractivity contribution < 1.29 is 22.7 Å². The van der Waals surface area contributed by atoms with Gasteiger partial charge in [-0.15, -0.1) is 0 Å². The molecule has 0 aliphatic rings. The molecule has 33 heavy (non-hydrogen) atoms. The van der Waals surface area contributed by atoms with Gasteiger partial charge in [-0.2, -0.15) is 0 Å². The predicted molar refractivity (Wildman–Crippen MR) is 129 cm³/mol. The molecule has 0 atom stereocenters. The number of nitrogens with one attached hydrogen (secondary N) is 2. The number of halogens is 1. The van der Waals surface area contributed by atoms with Crippen molar-refractivity contribution in [2.24, 2.45) is 0 Å². The maximum Gasteiger partial charge on any atom is 0.262 e. The molecule has 2 N–H and O–H groups in total. The molecule has 0 radical (unpaired) electrons. The van der Waals surface area contributed by atoms with Crippen molar-refractivity contribution in [2.45, 2.75) is 24.7 Å². The molecular formula is C24H25ClN2O5S. The molecule has 174 valence electrons. The van der Waals surface area contributed by atoms with Crippen LogP contribution in [0.25, 0.3) is 0 Å². The summed E-state index contributed by atoms with van der Waals surface area (Å²) in [5, 5.41) is 2.82. The molecule has 0 fully saturated rings. The third kappa shape index (κ3) is 7.49. The lowest BCUT2D eigenvalue weighted by atomic mass is 10.3. The molecule has 0 heterocycles. The fourth-order valence-corrected chi connectivity index (χ4v) is 4.20. The van der Waals surface area contributed by atoms with Gasteiger partial charge in [-0.25, -0.2) is 13.1 Å². The molecule has 3 rings (SSSR count). The van der Waals surface area contributed by atoms with Crippen LogP contribution in [0.15, 0.2) is 77.7 Å². The number of hydrogen-bond acceptors (Lipinski definition) is 5. The van der Waals surface area contributed by atoms with Crippen molar-refractivity contribution in [3.05, 3.63) is 77.8 Å². The van der Waals surface area contributed by atoms with Crippen molar-refractivity contribution >= 4 is 33.2 Å². The first kappa shape index (κ1) is 24.6. The zero-order valence-corrected chi connectivity index (χ0v) is 19.7. The minimum Gasteiger partial charge on any atom is -0.482 e. The smallest absolute Gasteiger partial charge is 0.262 e. The SMILES string of the molecule is CCCCNS(=O)(=O)c1ccc(OCC(=O)Nc2ccc(Oc3ccccc3)cc2)c(Cl)c1. The lowest BCUT2D eigenvalue weighted by molar-refractivity contribution is -0.118. The highest BCUT2D eigenvalue weighted by molar-refractivity contribution is 7.89. The molecule has 3 aromatic carbocycles. The standard InChI is InChI=1S/C24H25ClN2O5S/c1-2-3-15-26-33(29,30)21-13-14-23(22(25)16-21)31-17-24(28)27-18-9-11-20(12-10-18)32-19-7-5-4-6-8-19/h4-14,16,26H,2-3,15,17H2,1H3,(H,27,28). The number of sulfonamides is 1. The van der Waals surface area contributed by atoms with Gasteiger partial charge in [0.1, 0.15) is 17.2 Å². The van der Waals surface area contributed by atoms with E-state index in [1.54, 1.807) is 24.3 Å². The molecule has 7 nitrogen and oxygen atoms in total. The van der Waals surface area contributed by atoms with Crippen molar-refractivity contribution in [2.75, 3.05) is 18.5 Å². The summed E-state index contributed by atoms with van der Waals surface area (Å²) in [6.45, 7) is 2.04. The third-order valence-corrected chi connectivity index (χ3v) is 6.27. The van der Waals surface area contributed by atoms with E-state index in [0.717, 1.165) is 18.6 Å². The van der Waals surface area contributed by atoms with Crippen LogP contribution in [0.2, 0.25) is 5.02 Å². The lowest BCUT2D eigenvalue weighted by Gasteiger charge is -2.11. The number of hydrogen-bond donors (Lipinski definition) is 2. The normalized spacial score (nSPS) is 11.1. The number of unbranched alkanes of at least 4 members (excludes halogenated alkanes) is 1. The van der Waals surface area contributed by atoms with Gasteiger partial charge in [0.25, 0.3) is 5.91 Å². The van der Waals surface area contributed by atoms with E-state index in [0.29, 0.717) is 18.0 Å². The largest absolute Gasteiger partial charge is 0.482 e. The summed E-state index contributed by atoms with van der Waals surface area (Å²) in [5.41, 5.74) is 0.578. The van der Waals surface area contributed by atoms with Gasteiger partial charge in [-0.1, -0.05) is 43.1 Å². The maximum atomic E-state index is 12.3. The van der Waals surface area contributed by atoms with Crippen LogP contribution in [0.4, 0.5) is 5.69 Å². The fraction of sp³-hybridized carbons (Fsp3) is 0.208. The first-order chi connectivity index (χ1) is 15.9. The Bertz CT molecular complexity index is 1170. The Balaban J connectivity index is 1.52. The van der Waals surface area contributed by atoms with Crippen molar-refractivity contribution in [1.82, 2.24) is 4.72 Å². The van der Waals surface area contributed by atoms with E-state index >= 15 is 0 Å². The van der Waals surface area contributed by atoms with E-state index in [-0.39, 0.29) is 28.2 Å². The molecule has 1 amide bonds. The van der Waals surface area contributed by atoms with Gasteiger partial charge in [0.2, 0.25) is 10.0 Å². The first-order valence-electron chi connectivity index (χ1n) is 10.4. The van der Waals surface area contributed by atoms with E-state index in [2.05, 4.69) is 10.0 Å². The Labute approximate surface area is 198 Å². The molecule has 0 saturated heterocycles. The summed E-state index contributed by atoms with van der Waals surface area (Å²) in [6.07, 6.45) is 1.62. The summed E-state index contributed by atoms with van der Waals surface area (Å²) in [4.78, 5) is 12.3. The highest BCUT2D eigenvalue weighted by atomic mass is 35.5. The van der Waals surface area contributed by atoms with Gasteiger partial charge in [-0.05, 0) is 61.0 Å². The number of ether oxygens (including phenoxy) is 2. The van der Waals surface area contributed by atoms with Crippen LogP contribution in [-0.2, 0) is 14.8 Å². The molecule has 0 spiro atoms. The van der Waals surface area contributed by atoms with E-state index in [9.17, 15) is 13.2 Å². The Hall–Kier alpha value is -3.07. The molecule has 9 heteroatoms. The number of rotatable bonds is 11. The summed E-state index contributed by atoms with van der Waals surface area (Å²) >= 11 is 6.16. The first-order valence-corrected chi connectivity index (χ1v) is 12.3. The zero-order valence-electron chi connectivity index (χ0n) is 18.1. The van der Waals surface area contributed by atoms with Crippen molar-refractivity contribution in [3.8, 4) is 17.2 Å². The van der Waals surface area contributed by atoms with Crippen molar-refractivity contribution in [1.29, 1.82) is 0 Å². The highest BCUT2D eigenvalue weighted by Crippen LogP contribution is 2.27. The van der Waals surface area contributed by atoms with Crippen LogP contribution < -0.4 is 19.5 Å². The summed E-state index contributed by atoms with van der Waals surface area (Å²) < 4.78 is 38.3. The number of amides is 1.